The lowest BCUT2D eigenvalue weighted by Gasteiger charge is -1.80. The van der Waals surface area contributed by atoms with Gasteiger partial charge >= 0.3 is 5.97 Å². The van der Waals surface area contributed by atoms with E-state index in [9.17, 15) is 4.79 Å². The van der Waals surface area contributed by atoms with E-state index >= 15 is 0 Å². The Hall–Kier alpha value is -0.790. The van der Waals surface area contributed by atoms with Crippen LogP contribution in [-0.2, 0) is 4.79 Å². The molecule has 1 N–H and O–H groups in total. The van der Waals surface area contributed by atoms with Crippen LogP contribution in [0.4, 0.5) is 0 Å². The molecule has 0 aromatic heterocycles. The summed E-state index contributed by atoms with van der Waals surface area (Å²) in [6.07, 6.45) is 4.55. The number of aliphatic carboxylic acids is 1. The predicted octanol–water partition coefficient (Wildman–Crippen LogP) is 1.43. The summed E-state index contributed by atoms with van der Waals surface area (Å²) in [7, 11) is 0. The van der Waals surface area contributed by atoms with E-state index in [4.69, 9.17) is 5.11 Å². The van der Waals surface area contributed by atoms with E-state index in [2.05, 4.69) is 0 Å². The maximum absolute atomic E-state index is 9.82. The topological polar surface area (TPSA) is 37.3 Å². The summed E-state index contributed by atoms with van der Waals surface area (Å²) in [6.45, 7) is 1.97. The molecule has 0 fully saturated rings. The van der Waals surface area contributed by atoms with Crippen LogP contribution in [-0.4, -0.2) is 11.1 Å². The van der Waals surface area contributed by atoms with Crippen molar-refractivity contribution in [3.63, 3.8) is 0 Å². The van der Waals surface area contributed by atoms with Crippen LogP contribution < -0.4 is 0 Å². The molecule has 0 spiro atoms. The molecule has 0 heterocycles. The Labute approximate surface area is 48.8 Å². The molecule has 0 aromatic rings. The van der Waals surface area contributed by atoms with E-state index < -0.39 is 5.97 Å². The van der Waals surface area contributed by atoms with Crippen LogP contribution in [0.25, 0.3) is 0 Å². The van der Waals surface area contributed by atoms with E-state index in [-0.39, 0.29) is 6.42 Å². The van der Waals surface area contributed by atoms with Gasteiger partial charge in [0.15, 0.2) is 0 Å². The molecule has 0 amide bonds. The average molecular weight is 114 g/mol. The van der Waals surface area contributed by atoms with Gasteiger partial charge in [0.25, 0.3) is 0 Å². The highest BCUT2D eigenvalue weighted by Gasteiger charge is 1.86. The van der Waals surface area contributed by atoms with Crippen molar-refractivity contribution in [3.05, 3.63) is 12.2 Å². The number of carboxylic acids is 1. The van der Waals surface area contributed by atoms with Crippen molar-refractivity contribution in [2.75, 3.05) is 0 Å². The molecule has 0 rings (SSSR count). The minimum atomic E-state index is -0.769. The lowest BCUT2D eigenvalue weighted by Crippen LogP contribution is -1.89. The van der Waals surface area contributed by atoms with Crippen molar-refractivity contribution in [2.24, 2.45) is 0 Å². The van der Waals surface area contributed by atoms with Crippen molar-refractivity contribution in [1.29, 1.82) is 0 Å². The molecule has 2 heteroatoms. The summed E-state index contributed by atoms with van der Waals surface area (Å²) in [5.41, 5.74) is 0. The third-order valence-electron chi connectivity index (χ3n) is 0.695. The molecular weight excluding hydrogens is 104 g/mol. The van der Waals surface area contributed by atoms with Crippen LogP contribution in [0, 0.1) is 0 Å². The second kappa shape index (κ2) is 4.37. The average Bonchev–Trinajstić information content (AvgIpc) is 1.66. The minimum Gasteiger partial charge on any atom is -0.481 e. The molecule has 0 bridgehead atoms. The third-order valence-corrected chi connectivity index (χ3v) is 0.695. The maximum Gasteiger partial charge on any atom is 0.307 e. The molecule has 0 atom stereocenters. The van der Waals surface area contributed by atoms with E-state index in [0.29, 0.717) is 0 Å². The van der Waals surface area contributed by atoms with Gasteiger partial charge in [0.05, 0.1) is 6.42 Å². The Kier molecular flexibility index (Phi) is 3.94. The van der Waals surface area contributed by atoms with Crippen molar-refractivity contribution in [3.8, 4) is 0 Å². The van der Waals surface area contributed by atoms with Crippen molar-refractivity contribution in [2.45, 2.75) is 19.8 Å². The van der Waals surface area contributed by atoms with Crippen molar-refractivity contribution >= 4 is 5.97 Å². The first-order valence-corrected chi connectivity index (χ1v) is 2.64. The van der Waals surface area contributed by atoms with Gasteiger partial charge in [-0.25, -0.2) is 0 Å². The first-order valence-electron chi connectivity index (χ1n) is 2.64. The van der Waals surface area contributed by atoms with Crippen molar-refractivity contribution in [1.82, 2.24) is 0 Å². The van der Waals surface area contributed by atoms with Crippen LogP contribution in [0.3, 0.4) is 0 Å². The van der Waals surface area contributed by atoms with Gasteiger partial charge < -0.3 is 5.11 Å². The summed E-state index contributed by atoms with van der Waals surface area (Å²) in [5, 5.41) is 8.09. The fourth-order valence-electron chi connectivity index (χ4n) is 0.351. The zero-order valence-electron chi connectivity index (χ0n) is 4.92. The molecule has 46 valence electrons. The van der Waals surface area contributed by atoms with Gasteiger partial charge in [-0.3, -0.25) is 4.79 Å². The summed E-state index contributed by atoms with van der Waals surface area (Å²) < 4.78 is 0. The standard InChI is InChI=1S/C6H10O2/c1-2-3-4-5-6(7)8/h3-4H,2,5H2,1H3,(H,7,8). The summed E-state index contributed by atoms with van der Waals surface area (Å²) >= 11 is 0. The lowest BCUT2D eigenvalue weighted by atomic mass is 10.3. The Morgan fingerprint density at radius 1 is 1.62 bits per heavy atom. The smallest absolute Gasteiger partial charge is 0.307 e. The third kappa shape index (κ3) is 5.21. The van der Waals surface area contributed by atoms with Crippen LogP contribution in [0.15, 0.2) is 12.2 Å². The number of carbonyl (C=O) groups is 1. The van der Waals surface area contributed by atoms with Crippen LogP contribution in [0.5, 0.6) is 0 Å². The Morgan fingerprint density at radius 2 is 2.25 bits per heavy atom. The van der Waals surface area contributed by atoms with Gasteiger partial charge in [0.1, 0.15) is 0 Å². The second-order valence-electron chi connectivity index (χ2n) is 1.48. The monoisotopic (exact) mass is 114 g/mol. The normalized spacial score (nSPS) is 10.1. The molecule has 0 saturated heterocycles. The first-order chi connectivity index (χ1) is 3.77. The van der Waals surface area contributed by atoms with Gasteiger partial charge in [0.2, 0.25) is 0 Å². The fourth-order valence-corrected chi connectivity index (χ4v) is 0.351. The molecular formula is C6H10O2. The zero-order chi connectivity index (χ0) is 6.41. The Bertz CT molecular complexity index is 94.7. The molecule has 0 unspecified atom stereocenters. The van der Waals surface area contributed by atoms with Gasteiger partial charge in [-0.1, -0.05) is 19.1 Å². The number of rotatable bonds is 3. The van der Waals surface area contributed by atoms with Crippen LogP contribution in [0.2, 0.25) is 0 Å². The van der Waals surface area contributed by atoms with Crippen LogP contribution in [0.1, 0.15) is 19.8 Å². The highest BCUT2D eigenvalue weighted by molar-refractivity contribution is 5.68. The number of hydrogen-bond acceptors (Lipinski definition) is 1. The molecule has 0 aliphatic rings. The lowest BCUT2D eigenvalue weighted by molar-refractivity contribution is -0.136. The molecule has 0 radical (unpaired) electrons. The fraction of sp³-hybridized carbons (Fsp3) is 0.500. The van der Waals surface area contributed by atoms with E-state index in [1.807, 2.05) is 13.0 Å². The largest absolute Gasteiger partial charge is 0.481 e. The van der Waals surface area contributed by atoms with Gasteiger partial charge in [-0.15, -0.1) is 0 Å². The van der Waals surface area contributed by atoms with E-state index in [1.165, 1.54) is 0 Å². The molecule has 0 saturated carbocycles. The summed E-state index contributed by atoms with van der Waals surface area (Å²) in [6, 6.07) is 0. The van der Waals surface area contributed by atoms with Crippen molar-refractivity contribution < 1.29 is 9.90 Å². The molecule has 0 aromatic carbocycles. The quantitative estimate of drug-likeness (QED) is 0.563. The zero-order valence-corrected chi connectivity index (χ0v) is 4.92. The highest BCUT2D eigenvalue weighted by atomic mass is 16.4. The number of allylic oxidation sites excluding steroid dienone is 1. The molecule has 0 aliphatic heterocycles. The van der Waals surface area contributed by atoms with E-state index in [0.717, 1.165) is 6.42 Å². The minimum absolute atomic E-state index is 0.147. The predicted molar refractivity (Wildman–Crippen MR) is 31.7 cm³/mol. The maximum atomic E-state index is 9.82. The molecule has 2 nitrogen and oxygen atoms in total. The van der Waals surface area contributed by atoms with Gasteiger partial charge in [0, 0.05) is 0 Å². The highest BCUT2D eigenvalue weighted by Crippen LogP contribution is 1.84. The van der Waals surface area contributed by atoms with E-state index in [1.54, 1.807) is 6.08 Å². The summed E-state index contributed by atoms with van der Waals surface area (Å²) in [5.74, 6) is -0.769. The number of hydrogen-bond donors (Lipinski definition) is 1. The molecule has 0 aliphatic carbocycles. The summed E-state index contributed by atoms with van der Waals surface area (Å²) in [4.78, 5) is 9.82. The van der Waals surface area contributed by atoms with Gasteiger partial charge in [-0.2, -0.15) is 0 Å². The first kappa shape index (κ1) is 7.21. The second-order valence-corrected chi connectivity index (χ2v) is 1.48. The van der Waals surface area contributed by atoms with Gasteiger partial charge in [-0.05, 0) is 6.42 Å². The Balaban J connectivity index is 3.16. The Morgan fingerprint density at radius 3 is 2.62 bits per heavy atom. The SMILES string of the molecule is CCC=CCC(=O)O. The van der Waals surface area contributed by atoms with Crippen LogP contribution >= 0.6 is 0 Å². The number of carboxylic acid groups (broad SMARTS) is 1. The molecule has 8 heavy (non-hydrogen) atoms.